The van der Waals surface area contributed by atoms with E-state index in [2.05, 4.69) is 16.9 Å². The van der Waals surface area contributed by atoms with Crippen molar-refractivity contribution in [2.24, 2.45) is 35.5 Å². The maximum Gasteiger partial charge on any atom is 0.296 e. The zero-order valence-corrected chi connectivity index (χ0v) is 47.6. The van der Waals surface area contributed by atoms with Crippen LogP contribution >= 0.6 is 0 Å². The third-order valence-electron chi connectivity index (χ3n) is 15.8. The monoisotopic (exact) mass is 1050 g/mol. The molecule has 2 saturated heterocycles. The summed E-state index contributed by atoms with van der Waals surface area (Å²) < 4.78 is 42.3. The number of methoxy groups -OCH3 is 3. The Balaban J connectivity index is 1.52. The summed E-state index contributed by atoms with van der Waals surface area (Å²) in [5, 5.41) is 23.5. The zero-order chi connectivity index (χ0) is 55.2. The molecule has 75 heavy (non-hydrogen) atoms. The molecule has 16 heteroatoms. The fraction of sp³-hybridized carbons (Fsp3) is 0.763. The standard InChI is InChI=1S/C59H95N3O13/c1-13-14-17-39(4)51(72-27-23-46-36-60-24-25-61-46)34-48-21-19-44(9)59(68,75-48)57(66)58(67)62-26-16-15-18-47(62)37-74-52(41(6)32-45-20-22-50(53(33-45)70-11)73-29-28-69-10)35-49(63)40(5)31-43(8)55(65)56(71-12)54(64)42(7)30-38(2)3/h13-14,17,24-25,31,36,38,40-42,44-45,47-48,50-53,55-56,65,68H,15-16,18-23,26-30,32-35,37H2,1-12H3/b14-13+,39-17+,43-31+/t40-,41-,42-,44-,45+,47+,48+,50-,51?,52+,53-,55-,56+,59-/m1/s1. The van der Waals surface area contributed by atoms with E-state index in [4.69, 9.17) is 33.2 Å². The number of aliphatic hydroxyl groups is 2. The van der Waals surface area contributed by atoms with Crippen LogP contribution in [0.5, 0.6) is 0 Å². The molecule has 0 spiro atoms. The number of nitrogens with zero attached hydrogens (tertiary/aromatic N) is 3. The van der Waals surface area contributed by atoms with Gasteiger partial charge in [0.1, 0.15) is 18.0 Å². The van der Waals surface area contributed by atoms with Gasteiger partial charge in [-0.3, -0.25) is 29.1 Å². The average molecular weight is 1050 g/mol. The number of ketones is 3. The first-order chi connectivity index (χ1) is 35.8. The summed E-state index contributed by atoms with van der Waals surface area (Å²) in [4.78, 5) is 66.7. The first-order valence-electron chi connectivity index (χ1n) is 27.9. The Morgan fingerprint density at radius 3 is 2.35 bits per heavy atom. The van der Waals surface area contributed by atoms with Crippen LogP contribution in [0.3, 0.4) is 0 Å². The Labute approximate surface area is 449 Å². The summed E-state index contributed by atoms with van der Waals surface area (Å²) in [6.07, 6.45) is 16.6. The highest BCUT2D eigenvalue weighted by molar-refractivity contribution is 6.38. The van der Waals surface area contributed by atoms with Gasteiger partial charge in [0.05, 0.1) is 68.7 Å². The van der Waals surface area contributed by atoms with Gasteiger partial charge in [-0.15, -0.1) is 0 Å². The Bertz CT molecular complexity index is 2000. The molecule has 0 radical (unpaired) electrons. The molecule has 2 N–H and O–H groups in total. The van der Waals surface area contributed by atoms with Gasteiger partial charge in [-0.2, -0.15) is 0 Å². The van der Waals surface area contributed by atoms with Crippen molar-refractivity contribution in [1.82, 2.24) is 14.9 Å². The van der Waals surface area contributed by atoms with Gasteiger partial charge < -0.3 is 48.3 Å². The van der Waals surface area contributed by atoms with Gasteiger partial charge >= 0.3 is 0 Å². The minimum Gasteiger partial charge on any atom is -0.386 e. The van der Waals surface area contributed by atoms with E-state index in [0.29, 0.717) is 82.8 Å². The largest absolute Gasteiger partial charge is 0.386 e. The lowest BCUT2D eigenvalue weighted by molar-refractivity contribution is -0.266. The molecule has 3 fully saturated rings. The fourth-order valence-electron chi connectivity index (χ4n) is 11.1. The predicted octanol–water partition coefficient (Wildman–Crippen LogP) is 8.20. The molecule has 1 unspecified atom stereocenters. The Kier molecular flexibility index (Phi) is 27.6. The zero-order valence-electron chi connectivity index (χ0n) is 47.6. The van der Waals surface area contributed by atoms with Crippen molar-refractivity contribution in [3.63, 3.8) is 0 Å². The predicted molar refractivity (Wildman–Crippen MR) is 287 cm³/mol. The summed E-state index contributed by atoms with van der Waals surface area (Å²) in [7, 11) is 4.77. The molecule has 16 nitrogen and oxygen atoms in total. The number of aliphatic hydroxyl groups excluding tert-OH is 1. The first kappa shape index (κ1) is 63.9. The molecule has 1 amide bonds. The second kappa shape index (κ2) is 32.4. The molecule has 0 bridgehead atoms. The van der Waals surface area contributed by atoms with Crippen molar-refractivity contribution in [1.29, 1.82) is 0 Å². The van der Waals surface area contributed by atoms with Gasteiger partial charge in [-0.1, -0.05) is 65.8 Å². The molecule has 2 aliphatic heterocycles. The van der Waals surface area contributed by atoms with Gasteiger partial charge in [0.15, 0.2) is 5.78 Å². The smallest absolute Gasteiger partial charge is 0.296 e. The number of rotatable bonds is 32. The lowest BCUT2D eigenvalue weighted by Gasteiger charge is -2.43. The summed E-state index contributed by atoms with van der Waals surface area (Å²) >= 11 is 0. The second-order valence-corrected chi connectivity index (χ2v) is 22.2. The summed E-state index contributed by atoms with van der Waals surface area (Å²) in [5.41, 5.74) is 2.23. The fourth-order valence-corrected chi connectivity index (χ4v) is 11.1. The average Bonchev–Trinajstić information content (AvgIpc) is 3.39. The molecule has 3 aliphatic rings. The van der Waals surface area contributed by atoms with Gasteiger partial charge in [-0.25, -0.2) is 0 Å². The van der Waals surface area contributed by atoms with Gasteiger partial charge in [0.2, 0.25) is 5.79 Å². The van der Waals surface area contributed by atoms with Crippen molar-refractivity contribution < 1.29 is 62.5 Å². The molecule has 424 valence electrons. The summed E-state index contributed by atoms with van der Waals surface area (Å²) in [6.45, 7) is 18.9. The number of carbonyl (C=O) groups excluding carboxylic acids is 4. The molecular weight excluding hydrogens is 959 g/mol. The van der Waals surface area contributed by atoms with Crippen molar-refractivity contribution in [3.8, 4) is 0 Å². The minimum absolute atomic E-state index is 0.0433. The van der Waals surface area contributed by atoms with Gasteiger partial charge in [-0.05, 0) is 114 Å². The minimum atomic E-state index is -2.34. The molecule has 1 aliphatic carbocycles. The van der Waals surface area contributed by atoms with Crippen LogP contribution in [-0.4, -0.2) is 157 Å². The van der Waals surface area contributed by atoms with Crippen LogP contribution in [0.1, 0.15) is 145 Å². The molecular formula is C59H95N3O13. The third kappa shape index (κ3) is 19.4. The van der Waals surface area contributed by atoms with E-state index < -0.39 is 59.8 Å². The van der Waals surface area contributed by atoms with Crippen LogP contribution in [0, 0.1) is 35.5 Å². The molecule has 0 aromatic carbocycles. The van der Waals surface area contributed by atoms with Crippen LogP contribution in [0.4, 0.5) is 0 Å². The molecule has 3 heterocycles. The second-order valence-electron chi connectivity index (χ2n) is 22.2. The number of hydrogen-bond acceptors (Lipinski definition) is 15. The number of likely N-dealkylation sites (tertiary alicyclic amines) is 1. The van der Waals surface area contributed by atoms with Crippen LogP contribution in [-0.2, 0) is 58.8 Å². The first-order valence-corrected chi connectivity index (χ1v) is 27.9. The molecule has 1 aromatic heterocycles. The normalized spacial score (nSPS) is 26.9. The quantitative estimate of drug-likeness (QED) is 0.0302. The van der Waals surface area contributed by atoms with Crippen LogP contribution < -0.4 is 0 Å². The van der Waals surface area contributed by atoms with Crippen molar-refractivity contribution in [3.05, 3.63) is 59.7 Å². The number of ether oxygens (including phenoxy) is 7. The van der Waals surface area contributed by atoms with E-state index >= 15 is 0 Å². The lowest BCUT2D eigenvalue weighted by atomic mass is 9.78. The van der Waals surface area contributed by atoms with Gasteiger partial charge in [0.25, 0.3) is 11.7 Å². The number of carbonyl (C=O) groups is 4. The highest BCUT2D eigenvalue weighted by Crippen LogP contribution is 2.38. The lowest BCUT2D eigenvalue weighted by Crippen LogP contribution is -2.60. The molecule has 1 aromatic rings. The number of hydrogen-bond donors (Lipinski definition) is 2. The Morgan fingerprint density at radius 1 is 0.920 bits per heavy atom. The molecule has 4 rings (SSSR count). The number of amides is 1. The topological polar surface area (TPSA) is 202 Å². The van der Waals surface area contributed by atoms with Crippen molar-refractivity contribution >= 4 is 23.3 Å². The van der Waals surface area contributed by atoms with E-state index in [1.165, 1.54) is 12.0 Å². The third-order valence-corrected chi connectivity index (χ3v) is 15.8. The Morgan fingerprint density at radius 2 is 1.68 bits per heavy atom. The Hall–Kier alpha value is -3.58. The van der Waals surface area contributed by atoms with Crippen molar-refractivity contribution in [2.75, 3.05) is 54.3 Å². The molecule has 14 atom stereocenters. The number of piperidine rings is 1. The highest BCUT2D eigenvalue weighted by Gasteiger charge is 2.52. The van der Waals surface area contributed by atoms with E-state index in [9.17, 15) is 29.4 Å². The summed E-state index contributed by atoms with van der Waals surface area (Å²) in [6, 6.07) is -0.487. The highest BCUT2D eigenvalue weighted by atomic mass is 16.6. The molecule has 1 saturated carbocycles. The SMILES string of the molecule is C/C=C/C=C(\C)C(C[C@@H]1CC[C@@H](C)[C@](O)(C(=O)C(=O)N2CCCC[C@H]2CO[C@@H](CC(=O)[C@H](C)/C=C(\C)[C@@H](O)[C@@H](OC)C(=O)[C@H](C)CC(C)C)[C@H](C)C[C@@H]2CC[C@@H](OCCOC)[C@H](OC)C2)O1)OCCc1cnccn1. The van der Waals surface area contributed by atoms with E-state index in [-0.39, 0.29) is 60.7 Å². The van der Waals surface area contributed by atoms with Crippen LogP contribution in [0.2, 0.25) is 0 Å². The number of aromatic nitrogens is 2. The van der Waals surface area contributed by atoms with Crippen LogP contribution in [0.25, 0.3) is 0 Å². The van der Waals surface area contributed by atoms with E-state index in [1.807, 2.05) is 52.8 Å². The maximum atomic E-state index is 14.5. The van der Waals surface area contributed by atoms with Crippen LogP contribution in [0.15, 0.2) is 54.0 Å². The van der Waals surface area contributed by atoms with Crippen molar-refractivity contribution in [2.45, 2.75) is 200 Å². The van der Waals surface area contributed by atoms with E-state index in [0.717, 1.165) is 43.4 Å². The van der Waals surface area contributed by atoms with Gasteiger partial charge in [0, 0.05) is 83.5 Å². The number of Topliss-reactive ketones (excluding diaryl/α,β-unsaturated/α-hetero) is 3. The number of allylic oxidation sites excluding steroid dienone is 4. The maximum absolute atomic E-state index is 14.5. The summed E-state index contributed by atoms with van der Waals surface area (Å²) in [5.74, 6) is -5.52. The van der Waals surface area contributed by atoms with E-state index in [1.54, 1.807) is 59.7 Å².